The highest BCUT2D eigenvalue weighted by Gasteiger charge is 2.30. The number of hydrogen-bond acceptors (Lipinski definition) is 3. The van der Waals surface area contributed by atoms with E-state index < -0.39 is 10.0 Å². The summed E-state index contributed by atoms with van der Waals surface area (Å²) in [4.78, 5) is 12.9. The number of unbranched alkanes of at least 4 members (excludes halogenated alkanes) is 1. The van der Waals surface area contributed by atoms with Crippen LogP contribution in [0.2, 0.25) is 0 Å². The van der Waals surface area contributed by atoms with Crippen molar-refractivity contribution in [2.75, 3.05) is 19.6 Å². The van der Waals surface area contributed by atoms with Crippen LogP contribution < -0.4 is 5.32 Å². The molecule has 1 N–H and O–H groups in total. The number of carbonyl (C=O) groups is 1. The minimum atomic E-state index is -3.40. The monoisotopic (exact) mass is 420 g/mol. The summed E-state index contributed by atoms with van der Waals surface area (Å²) in [6.07, 6.45) is 9.90. The number of sulfonamides is 1. The van der Waals surface area contributed by atoms with Crippen molar-refractivity contribution in [2.24, 2.45) is 17.8 Å². The third kappa shape index (κ3) is 6.05. The number of rotatable bonds is 8. The summed E-state index contributed by atoms with van der Waals surface area (Å²) in [5.41, 5.74) is 0. The predicted molar refractivity (Wildman–Crippen MR) is 116 cm³/mol. The first-order valence-corrected chi connectivity index (χ1v) is 12.8. The highest BCUT2D eigenvalue weighted by Crippen LogP contribution is 2.32. The van der Waals surface area contributed by atoms with Gasteiger partial charge in [0.05, 0.1) is 4.90 Å². The van der Waals surface area contributed by atoms with E-state index in [1.807, 2.05) is 6.07 Å². The van der Waals surface area contributed by atoms with Crippen molar-refractivity contribution in [3.8, 4) is 0 Å². The van der Waals surface area contributed by atoms with Crippen LogP contribution in [0.5, 0.6) is 0 Å². The Morgan fingerprint density at radius 2 is 1.66 bits per heavy atom. The Bertz CT molecular complexity index is 735. The Hall–Kier alpha value is -1.40. The molecule has 0 spiro atoms. The van der Waals surface area contributed by atoms with E-state index in [0.29, 0.717) is 30.4 Å². The van der Waals surface area contributed by atoms with E-state index >= 15 is 0 Å². The van der Waals surface area contributed by atoms with Gasteiger partial charge in [-0.1, -0.05) is 44.4 Å². The van der Waals surface area contributed by atoms with Crippen molar-refractivity contribution >= 4 is 15.9 Å². The predicted octanol–water partition coefficient (Wildman–Crippen LogP) is 4.20. The van der Waals surface area contributed by atoms with Gasteiger partial charge in [-0.25, -0.2) is 8.42 Å². The third-order valence-corrected chi connectivity index (χ3v) is 8.62. The smallest absolute Gasteiger partial charge is 0.243 e. The first kappa shape index (κ1) is 22.3. The zero-order valence-electron chi connectivity index (χ0n) is 17.7. The number of piperidine rings is 1. The average molecular weight is 421 g/mol. The first-order chi connectivity index (χ1) is 14.0. The summed E-state index contributed by atoms with van der Waals surface area (Å²) in [6, 6.07) is 8.64. The van der Waals surface area contributed by atoms with Crippen LogP contribution in [0.4, 0.5) is 0 Å². The molecule has 29 heavy (non-hydrogen) atoms. The molecular formula is C23H36N2O3S. The Labute approximate surface area is 176 Å². The van der Waals surface area contributed by atoms with Gasteiger partial charge in [0.25, 0.3) is 0 Å². The highest BCUT2D eigenvalue weighted by molar-refractivity contribution is 7.89. The quantitative estimate of drug-likeness (QED) is 0.685. The van der Waals surface area contributed by atoms with Crippen molar-refractivity contribution in [3.63, 3.8) is 0 Å². The van der Waals surface area contributed by atoms with Crippen molar-refractivity contribution < 1.29 is 13.2 Å². The molecular weight excluding hydrogens is 384 g/mol. The van der Waals surface area contributed by atoms with Crippen LogP contribution in [0.15, 0.2) is 35.2 Å². The van der Waals surface area contributed by atoms with Crippen molar-refractivity contribution in [3.05, 3.63) is 30.3 Å². The second-order valence-corrected chi connectivity index (χ2v) is 10.7. The lowest BCUT2D eigenvalue weighted by atomic mass is 9.79. The molecule has 1 amide bonds. The van der Waals surface area contributed by atoms with Crippen molar-refractivity contribution in [1.82, 2.24) is 9.62 Å². The summed E-state index contributed by atoms with van der Waals surface area (Å²) in [7, 11) is -3.40. The van der Waals surface area contributed by atoms with Gasteiger partial charge in [0.15, 0.2) is 0 Å². The fourth-order valence-electron chi connectivity index (χ4n) is 4.69. The zero-order chi connectivity index (χ0) is 20.7. The minimum Gasteiger partial charge on any atom is -0.356 e. The van der Waals surface area contributed by atoms with Crippen LogP contribution >= 0.6 is 0 Å². The van der Waals surface area contributed by atoms with Crippen LogP contribution in [0.1, 0.15) is 64.7 Å². The second kappa shape index (κ2) is 10.6. The molecule has 0 bridgehead atoms. The topological polar surface area (TPSA) is 66.5 Å². The van der Waals surface area contributed by atoms with Crippen LogP contribution in [0, 0.1) is 17.8 Å². The summed E-state index contributed by atoms with van der Waals surface area (Å²) < 4.78 is 27.0. The Morgan fingerprint density at radius 3 is 2.28 bits per heavy atom. The molecule has 1 aliphatic carbocycles. The lowest BCUT2D eigenvalue weighted by Gasteiger charge is -2.32. The zero-order valence-corrected chi connectivity index (χ0v) is 18.5. The van der Waals surface area contributed by atoms with Crippen molar-refractivity contribution in [2.45, 2.75) is 69.6 Å². The molecule has 5 nitrogen and oxygen atoms in total. The molecule has 2 fully saturated rings. The van der Waals surface area contributed by atoms with E-state index in [1.165, 1.54) is 32.1 Å². The molecule has 1 saturated heterocycles. The maximum atomic E-state index is 12.7. The Kier molecular flexibility index (Phi) is 8.13. The van der Waals surface area contributed by atoms with Gasteiger partial charge in [0, 0.05) is 25.6 Å². The Balaban J connectivity index is 1.39. The maximum Gasteiger partial charge on any atom is 0.243 e. The van der Waals surface area contributed by atoms with E-state index in [-0.39, 0.29) is 11.8 Å². The fraction of sp³-hybridized carbons (Fsp3) is 0.696. The molecule has 0 unspecified atom stereocenters. The van der Waals surface area contributed by atoms with Gasteiger partial charge in [-0.15, -0.1) is 0 Å². The average Bonchev–Trinajstić information content (AvgIpc) is 2.77. The third-order valence-electron chi connectivity index (χ3n) is 6.70. The molecule has 1 saturated carbocycles. The number of amides is 1. The van der Waals surface area contributed by atoms with Crippen LogP contribution in [-0.4, -0.2) is 38.3 Å². The first-order valence-electron chi connectivity index (χ1n) is 11.3. The largest absolute Gasteiger partial charge is 0.356 e. The molecule has 2 aliphatic rings. The second-order valence-electron chi connectivity index (χ2n) is 8.77. The molecule has 0 radical (unpaired) electrons. The van der Waals surface area contributed by atoms with Crippen LogP contribution in [-0.2, 0) is 14.8 Å². The van der Waals surface area contributed by atoms with Crippen molar-refractivity contribution in [1.29, 1.82) is 0 Å². The lowest BCUT2D eigenvalue weighted by Crippen LogP contribution is -2.42. The highest BCUT2D eigenvalue weighted by atomic mass is 32.2. The number of nitrogens with zero attached hydrogens (tertiary/aromatic N) is 1. The van der Waals surface area contributed by atoms with Gasteiger partial charge >= 0.3 is 0 Å². The lowest BCUT2D eigenvalue weighted by molar-refractivity contribution is -0.126. The number of hydrogen-bond donors (Lipinski definition) is 1. The fourth-order valence-corrected chi connectivity index (χ4v) is 6.18. The van der Waals surface area contributed by atoms with Crippen LogP contribution in [0.25, 0.3) is 0 Å². The molecule has 0 atom stereocenters. The minimum absolute atomic E-state index is 0.173. The number of carbonyl (C=O) groups excluding carboxylic acids is 1. The van der Waals surface area contributed by atoms with E-state index in [9.17, 15) is 13.2 Å². The van der Waals surface area contributed by atoms with Gasteiger partial charge in [-0.05, 0) is 62.5 Å². The molecule has 162 valence electrons. The maximum absolute atomic E-state index is 12.7. The Morgan fingerprint density at radius 1 is 1.00 bits per heavy atom. The summed E-state index contributed by atoms with van der Waals surface area (Å²) in [5.74, 6) is 1.56. The molecule has 1 aromatic rings. The van der Waals surface area contributed by atoms with E-state index in [1.54, 1.807) is 28.6 Å². The van der Waals surface area contributed by atoms with E-state index in [0.717, 1.165) is 31.6 Å². The molecule has 1 heterocycles. The number of nitrogens with one attached hydrogen (secondary N) is 1. The molecule has 1 aromatic carbocycles. The normalized spacial score (nSPS) is 24.3. The van der Waals surface area contributed by atoms with Gasteiger partial charge in [0.2, 0.25) is 15.9 Å². The SMILES string of the molecule is CCCCC1CCC(C(=O)NCC2CCN(S(=O)(=O)c3ccccc3)CC2)CC1. The van der Waals surface area contributed by atoms with Crippen LogP contribution in [0.3, 0.4) is 0 Å². The van der Waals surface area contributed by atoms with E-state index in [2.05, 4.69) is 12.2 Å². The van der Waals surface area contributed by atoms with Gasteiger partial charge in [-0.2, -0.15) is 4.31 Å². The standard InChI is InChI=1S/C23H36N2O3S/c1-2-3-7-19-10-12-21(13-11-19)23(26)24-18-20-14-16-25(17-15-20)29(27,28)22-8-5-4-6-9-22/h4-6,8-9,19-21H,2-3,7,10-18H2,1H3,(H,24,26). The number of benzene rings is 1. The molecule has 3 rings (SSSR count). The summed E-state index contributed by atoms with van der Waals surface area (Å²) in [6.45, 7) is 3.97. The summed E-state index contributed by atoms with van der Waals surface area (Å²) in [5, 5.41) is 3.16. The van der Waals surface area contributed by atoms with Gasteiger partial charge < -0.3 is 5.32 Å². The molecule has 6 heteroatoms. The van der Waals surface area contributed by atoms with E-state index in [4.69, 9.17) is 0 Å². The van der Waals surface area contributed by atoms with Gasteiger partial charge in [-0.3, -0.25) is 4.79 Å². The molecule has 0 aromatic heterocycles. The van der Waals surface area contributed by atoms with Gasteiger partial charge in [0.1, 0.15) is 0 Å². The summed E-state index contributed by atoms with van der Waals surface area (Å²) >= 11 is 0. The molecule has 1 aliphatic heterocycles.